The lowest BCUT2D eigenvalue weighted by Crippen LogP contribution is -2.47. The van der Waals surface area contributed by atoms with E-state index in [1.54, 1.807) is 0 Å². The summed E-state index contributed by atoms with van der Waals surface area (Å²) in [7, 11) is 0. The minimum Gasteiger partial charge on any atom is -0.448 e. The topological polar surface area (TPSA) is 99.6 Å². The van der Waals surface area contributed by atoms with E-state index < -0.39 is 12.1 Å². The van der Waals surface area contributed by atoms with Gasteiger partial charge < -0.3 is 20.9 Å². The molecule has 0 aliphatic carbocycles. The molecule has 2 atom stereocenters. The second-order valence-electron chi connectivity index (χ2n) is 6.25. The van der Waals surface area contributed by atoms with Crippen LogP contribution in [0.15, 0.2) is 60.7 Å². The Kier molecular flexibility index (Phi) is 9.59. The number of carbonyl (C=O) groups excluding carboxylic acids is 1. The summed E-state index contributed by atoms with van der Waals surface area (Å²) in [5.41, 5.74) is 13.4. The van der Waals surface area contributed by atoms with Crippen LogP contribution in [0.1, 0.15) is 17.5 Å². The highest BCUT2D eigenvalue weighted by atomic mass is 16.5. The van der Waals surface area contributed by atoms with Crippen molar-refractivity contribution in [1.82, 2.24) is 5.32 Å². The van der Waals surface area contributed by atoms with E-state index in [2.05, 4.69) is 17.2 Å². The van der Waals surface area contributed by atoms with Gasteiger partial charge in [-0.25, -0.2) is 4.79 Å². The number of nitrogens with two attached hydrogens (primary N) is 2. The molecule has 2 rings (SSSR count). The second-order valence-corrected chi connectivity index (χ2v) is 6.25. The van der Waals surface area contributed by atoms with E-state index in [0.717, 1.165) is 11.1 Å². The molecule has 0 spiro atoms. The molecule has 6 nitrogen and oxygen atoms in total. The van der Waals surface area contributed by atoms with Crippen LogP contribution in [0.4, 0.5) is 4.79 Å². The van der Waals surface area contributed by atoms with Crippen LogP contribution in [0.5, 0.6) is 0 Å². The zero-order chi connectivity index (χ0) is 20.0. The normalized spacial score (nSPS) is 12.5. The van der Waals surface area contributed by atoms with E-state index >= 15 is 0 Å². The van der Waals surface area contributed by atoms with Crippen LogP contribution in [-0.2, 0) is 22.6 Å². The van der Waals surface area contributed by atoms with Crippen molar-refractivity contribution in [2.45, 2.75) is 31.7 Å². The van der Waals surface area contributed by atoms with Gasteiger partial charge in [0.2, 0.25) is 0 Å². The Balaban J connectivity index is 1.82. The van der Waals surface area contributed by atoms with E-state index in [4.69, 9.17) is 20.9 Å². The first-order valence-corrected chi connectivity index (χ1v) is 9.20. The predicted molar refractivity (Wildman–Crippen MR) is 109 cm³/mol. The first kappa shape index (κ1) is 21.5. The molecule has 28 heavy (non-hydrogen) atoms. The standard InChI is InChI=1S/C22H27N3O3/c23-20(17-28-22(24)26)21(25-15-18-9-3-1-4-10-18)13-7-8-14-27-16-19-11-5-2-6-12-19/h1-6,9-12,20-21,25H,8,14-17,23H2,(H2,24,26)/t20-,21+/m0/s1. The van der Waals surface area contributed by atoms with E-state index in [1.165, 1.54) is 0 Å². The highest BCUT2D eigenvalue weighted by molar-refractivity contribution is 5.64. The van der Waals surface area contributed by atoms with Crippen molar-refractivity contribution in [3.8, 4) is 11.8 Å². The average molecular weight is 381 g/mol. The minimum absolute atomic E-state index is 0.000969. The van der Waals surface area contributed by atoms with Gasteiger partial charge in [0.1, 0.15) is 6.61 Å². The average Bonchev–Trinajstić information content (AvgIpc) is 2.72. The van der Waals surface area contributed by atoms with Crippen molar-refractivity contribution in [3.63, 3.8) is 0 Å². The van der Waals surface area contributed by atoms with Crippen LogP contribution in [-0.4, -0.2) is 31.4 Å². The number of nitrogens with one attached hydrogen (secondary N) is 1. The number of primary amides is 1. The van der Waals surface area contributed by atoms with Gasteiger partial charge in [-0.05, 0) is 11.1 Å². The summed E-state index contributed by atoms with van der Waals surface area (Å²) in [6, 6.07) is 19.1. The molecule has 0 bridgehead atoms. The molecule has 5 N–H and O–H groups in total. The van der Waals surface area contributed by atoms with Crippen LogP contribution < -0.4 is 16.8 Å². The van der Waals surface area contributed by atoms with Gasteiger partial charge in [0.05, 0.1) is 25.3 Å². The third kappa shape index (κ3) is 8.69. The lowest BCUT2D eigenvalue weighted by Gasteiger charge is -2.20. The molecule has 0 aliphatic rings. The number of hydrogen-bond acceptors (Lipinski definition) is 5. The van der Waals surface area contributed by atoms with Crippen LogP contribution in [0.25, 0.3) is 0 Å². The van der Waals surface area contributed by atoms with Crippen LogP contribution >= 0.6 is 0 Å². The Labute approximate surface area is 166 Å². The fourth-order valence-corrected chi connectivity index (χ4v) is 2.48. The molecule has 0 unspecified atom stereocenters. The number of rotatable bonds is 10. The highest BCUT2D eigenvalue weighted by Gasteiger charge is 2.16. The summed E-state index contributed by atoms with van der Waals surface area (Å²) < 4.78 is 10.4. The summed E-state index contributed by atoms with van der Waals surface area (Å²) in [4.78, 5) is 10.8. The van der Waals surface area contributed by atoms with Gasteiger partial charge in [0.15, 0.2) is 0 Å². The highest BCUT2D eigenvalue weighted by Crippen LogP contribution is 2.02. The zero-order valence-corrected chi connectivity index (χ0v) is 15.8. The van der Waals surface area contributed by atoms with Crippen molar-refractivity contribution in [2.24, 2.45) is 11.5 Å². The van der Waals surface area contributed by atoms with Crippen LogP contribution in [0.2, 0.25) is 0 Å². The summed E-state index contributed by atoms with van der Waals surface area (Å²) in [5.74, 6) is 6.20. The van der Waals surface area contributed by atoms with Crippen molar-refractivity contribution >= 4 is 6.09 Å². The Hall–Kier alpha value is -2.85. The molecule has 0 heterocycles. The molecule has 0 aromatic heterocycles. The number of hydrogen-bond donors (Lipinski definition) is 3. The molecule has 2 aromatic rings. The lowest BCUT2D eigenvalue weighted by atomic mass is 10.1. The third-order valence-corrected chi connectivity index (χ3v) is 3.96. The molecule has 0 fully saturated rings. The Morgan fingerprint density at radius 2 is 1.68 bits per heavy atom. The monoisotopic (exact) mass is 381 g/mol. The maximum absolute atomic E-state index is 10.8. The fraction of sp³-hybridized carbons (Fsp3) is 0.318. The van der Waals surface area contributed by atoms with Crippen molar-refractivity contribution in [2.75, 3.05) is 13.2 Å². The summed E-state index contributed by atoms with van der Waals surface area (Å²) in [6.07, 6.45) is -0.265. The maximum atomic E-state index is 10.8. The van der Waals surface area contributed by atoms with Gasteiger partial charge in [0.25, 0.3) is 0 Å². The van der Waals surface area contributed by atoms with E-state index in [9.17, 15) is 4.79 Å². The lowest BCUT2D eigenvalue weighted by molar-refractivity contribution is 0.126. The van der Waals surface area contributed by atoms with Gasteiger partial charge in [-0.15, -0.1) is 0 Å². The second kappa shape index (κ2) is 12.5. The van der Waals surface area contributed by atoms with E-state index in [0.29, 0.717) is 26.2 Å². The first-order chi connectivity index (χ1) is 13.6. The minimum atomic E-state index is -0.848. The Morgan fingerprint density at radius 3 is 2.32 bits per heavy atom. The molecule has 0 saturated carbocycles. The van der Waals surface area contributed by atoms with Gasteiger partial charge in [-0.1, -0.05) is 72.5 Å². The number of amides is 1. The first-order valence-electron chi connectivity index (χ1n) is 9.20. The quantitative estimate of drug-likeness (QED) is 0.433. The predicted octanol–water partition coefficient (Wildman–Crippen LogP) is 2.18. The molecule has 0 aliphatic heterocycles. The van der Waals surface area contributed by atoms with Gasteiger partial charge >= 0.3 is 6.09 Å². The largest absolute Gasteiger partial charge is 0.448 e. The van der Waals surface area contributed by atoms with Gasteiger partial charge in [0, 0.05) is 13.0 Å². The number of benzene rings is 2. The van der Waals surface area contributed by atoms with Crippen molar-refractivity contribution < 1.29 is 14.3 Å². The number of ether oxygens (including phenoxy) is 2. The molecule has 0 saturated heterocycles. The number of carbonyl (C=O) groups is 1. The zero-order valence-electron chi connectivity index (χ0n) is 15.8. The SMILES string of the molecule is NC(=O)OC[C@H](N)[C@@H](C#CCCOCc1ccccc1)NCc1ccccc1. The molecule has 0 radical (unpaired) electrons. The Bertz CT molecular complexity index is 757. The molecule has 148 valence electrons. The van der Waals surface area contributed by atoms with E-state index in [1.807, 2.05) is 60.7 Å². The van der Waals surface area contributed by atoms with Gasteiger partial charge in [-0.3, -0.25) is 5.32 Å². The van der Waals surface area contributed by atoms with E-state index in [-0.39, 0.29) is 12.6 Å². The Morgan fingerprint density at radius 1 is 1.04 bits per heavy atom. The third-order valence-electron chi connectivity index (χ3n) is 3.96. The van der Waals surface area contributed by atoms with Gasteiger partial charge in [-0.2, -0.15) is 0 Å². The van der Waals surface area contributed by atoms with Crippen LogP contribution in [0, 0.1) is 11.8 Å². The summed E-state index contributed by atoms with van der Waals surface area (Å²) in [5, 5.41) is 3.30. The smallest absolute Gasteiger partial charge is 0.404 e. The summed E-state index contributed by atoms with van der Waals surface area (Å²) in [6.45, 7) is 1.69. The van der Waals surface area contributed by atoms with Crippen molar-refractivity contribution in [1.29, 1.82) is 0 Å². The van der Waals surface area contributed by atoms with Crippen molar-refractivity contribution in [3.05, 3.63) is 71.8 Å². The molecule has 1 amide bonds. The summed E-state index contributed by atoms with van der Waals surface area (Å²) >= 11 is 0. The maximum Gasteiger partial charge on any atom is 0.404 e. The molecule has 2 aromatic carbocycles. The molecule has 6 heteroatoms. The van der Waals surface area contributed by atoms with Crippen LogP contribution in [0.3, 0.4) is 0 Å². The molecular formula is C22H27N3O3. The molecular weight excluding hydrogens is 354 g/mol. The fourth-order valence-electron chi connectivity index (χ4n) is 2.48.